The van der Waals surface area contributed by atoms with Crippen molar-refractivity contribution < 1.29 is 36.9 Å². The standard InChI is InChI=1S/C34H38N8O8S2Si/c1-53(2,3)20-19-49-29(44)22-50-41-51-23-27(21-28(43)37-30-31(39-40-35)42(32(30)45)52(46,47)48)36-33(51)38-34(24-13-7-4-8-14-24,25-15-9-5-10-16-25)26-17-11-6-12-18-26/h4-18,30-31H,19-23H2,1-3H3,(H,37,43)(H,46,47,48)/t30-,31+,51?/m0/s1. The van der Waals surface area contributed by atoms with E-state index in [-0.39, 0.29) is 28.3 Å². The number of hydrogen-bond donors (Lipinski definition) is 2. The van der Waals surface area contributed by atoms with Crippen LogP contribution in [0.5, 0.6) is 0 Å². The zero-order chi connectivity index (χ0) is 38.2. The van der Waals surface area contributed by atoms with Crippen LogP contribution in [0.2, 0.25) is 25.7 Å². The second kappa shape index (κ2) is 16.7. The molecule has 0 saturated carbocycles. The summed E-state index contributed by atoms with van der Waals surface area (Å²) >= 11 is 0. The third-order valence-corrected chi connectivity index (χ3v) is 12.3. The van der Waals surface area contributed by atoms with Crippen LogP contribution in [0.3, 0.4) is 0 Å². The average molecular weight is 779 g/mol. The van der Waals surface area contributed by atoms with Crippen molar-refractivity contribution in [1.82, 2.24) is 9.62 Å². The molecule has 19 heteroatoms. The summed E-state index contributed by atoms with van der Waals surface area (Å²) in [6, 6.07) is 28.1. The number of nitrogens with one attached hydrogen (secondary N) is 1. The highest BCUT2D eigenvalue weighted by Gasteiger charge is 2.54. The van der Waals surface area contributed by atoms with Crippen molar-refractivity contribution in [2.75, 3.05) is 19.0 Å². The Morgan fingerprint density at radius 2 is 1.57 bits per heavy atom. The van der Waals surface area contributed by atoms with E-state index >= 15 is 0 Å². The zero-order valence-electron chi connectivity index (χ0n) is 29.1. The van der Waals surface area contributed by atoms with Gasteiger partial charge in [0, 0.05) is 29.4 Å². The van der Waals surface area contributed by atoms with E-state index in [1.165, 1.54) is 0 Å². The molecule has 16 nitrogen and oxygen atoms in total. The van der Waals surface area contributed by atoms with Crippen LogP contribution in [-0.2, 0) is 50.5 Å². The highest BCUT2D eigenvalue weighted by Crippen LogP contribution is 2.41. The van der Waals surface area contributed by atoms with E-state index in [2.05, 4.69) is 39.5 Å². The maximum Gasteiger partial charge on any atom is 0.362 e. The number of esters is 1. The third kappa shape index (κ3) is 9.50. The minimum Gasteiger partial charge on any atom is -0.464 e. The van der Waals surface area contributed by atoms with Gasteiger partial charge in [-0.15, -0.1) is 4.53 Å². The number of amidine groups is 1. The summed E-state index contributed by atoms with van der Waals surface area (Å²) in [5, 5.41) is 5.83. The van der Waals surface area contributed by atoms with E-state index < -0.39 is 71.2 Å². The fourth-order valence-electron chi connectivity index (χ4n) is 5.61. The first kappa shape index (κ1) is 39.2. The summed E-state index contributed by atoms with van der Waals surface area (Å²) in [6.07, 6.45) is -2.06. The van der Waals surface area contributed by atoms with Crippen LogP contribution in [0.25, 0.3) is 10.4 Å². The number of rotatable bonds is 15. The Balaban J connectivity index is 1.51. The van der Waals surface area contributed by atoms with Gasteiger partial charge in [-0.1, -0.05) is 116 Å². The molecule has 0 aromatic heterocycles. The lowest BCUT2D eigenvalue weighted by molar-refractivity contribution is -0.148. The maximum atomic E-state index is 13.2. The third-order valence-electron chi connectivity index (χ3n) is 8.17. The molecule has 2 heterocycles. The molecular formula is C34H38N8O8S2Si. The number of benzene rings is 3. The topological polar surface area (TPSA) is 225 Å². The van der Waals surface area contributed by atoms with Gasteiger partial charge in [-0.25, -0.2) is 23.9 Å². The predicted octanol–water partition coefficient (Wildman–Crippen LogP) is 4.56. The van der Waals surface area contributed by atoms with Crippen molar-refractivity contribution >= 4 is 57.7 Å². The number of ether oxygens (including phenoxy) is 1. The van der Waals surface area contributed by atoms with Gasteiger partial charge < -0.3 is 10.1 Å². The molecule has 2 aliphatic heterocycles. The quantitative estimate of drug-likeness (QED) is 0.0255. The Morgan fingerprint density at radius 1 is 1.02 bits per heavy atom. The van der Waals surface area contributed by atoms with E-state index in [1.54, 1.807) is 0 Å². The molecule has 1 unspecified atom stereocenters. The Morgan fingerprint density at radius 3 is 2.06 bits per heavy atom. The molecule has 2 aliphatic rings. The normalized spacial score (nSPS) is 19.7. The van der Waals surface area contributed by atoms with Gasteiger partial charge in [-0.05, 0) is 28.3 Å². The second-order valence-corrected chi connectivity index (χ2v) is 21.7. The Labute approximate surface area is 309 Å². The van der Waals surface area contributed by atoms with Gasteiger partial charge in [0.25, 0.3) is 5.91 Å². The number of β-lactam (4-membered cyclic amide) rings is 1. The molecule has 2 amide bonds. The fraction of sp³-hybridized carbons (Fsp3) is 0.324. The van der Waals surface area contributed by atoms with Gasteiger partial charge >= 0.3 is 16.3 Å². The minimum atomic E-state index is -5.03. The van der Waals surface area contributed by atoms with Gasteiger partial charge in [0.15, 0.2) is 17.9 Å². The largest absolute Gasteiger partial charge is 0.464 e. The molecule has 3 aromatic rings. The van der Waals surface area contributed by atoms with Crippen LogP contribution < -0.4 is 5.32 Å². The van der Waals surface area contributed by atoms with Gasteiger partial charge in [0.1, 0.15) is 11.6 Å². The lowest BCUT2D eigenvalue weighted by atomic mass is 9.77. The molecule has 0 radical (unpaired) electrons. The molecule has 3 aromatic carbocycles. The second-order valence-electron chi connectivity index (χ2n) is 13.2. The molecule has 2 N–H and O–H groups in total. The number of amides is 2. The van der Waals surface area contributed by atoms with Crippen molar-refractivity contribution in [3.63, 3.8) is 0 Å². The van der Waals surface area contributed by atoms with Crippen molar-refractivity contribution in [2.24, 2.45) is 19.6 Å². The van der Waals surface area contributed by atoms with Crippen LogP contribution in [0.1, 0.15) is 23.1 Å². The molecular weight excluding hydrogens is 741 g/mol. The highest BCUT2D eigenvalue weighted by molar-refractivity contribution is 8.03. The highest BCUT2D eigenvalue weighted by atomic mass is 32.2. The van der Waals surface area contributed by atoms with Crippen molar-refractivity contribution in [3.8, 4) is 0 Å². The van der Waals surface area contributed by atoms with Crippen molar-refractivity contribution in [3.05, 3.63) is 118 Å². The molecule has 5 rings (SSSR count). The minimum absolute atomic E-state index is 0.0183. The molecule has 0 aliphatic carbocycles. The van der Waals surface area contributed by atoms with E-state index in [4.69, 9.17) is 25.1 Å². The van der Waals surface area contributed by atoms with Crippen LogP contribution in [0, 0.1) is 0 Å². The van der Waals surface area contributed by atoms with Crippen LogP contribution in [0.15, 0.2) is 111 Å². The summed E-state index contributed by atoms with van der Waals surface area (Å²) < 4.78 is 42.3. The lowest BCUT2D eigenvalue weighted by Gasteiger charge is -2.41. The van der Waals surface area contributed by atoms with Crippen LogP contribution >= 0.6 is 0 Å². The fourth-order valence-corrected chi connectivity index (χ4v) is 8.49. The summed E-state index contributed by atoms with van der Waals surface area (Å²) in [6.45, 7) is 6.34. The molecule has 1 fully saturated rings. The summed E-state index contributed by atoms with van der Waals surface area (Å²) in [7, 11) is -7.70. The maximum absolute atomic E-state index is 13.2. The molecule has 278 valence electrons. The zero-order valence-corrected chi connectivity index (χ0v) is 31.7. The Kier molecular flexibility index (Phi) is 12.4. The Hall–Kier alpha value is -5.04. The van der Waals surface area contributed by atoms with Gasteiger partial charge in [0.2, 0.25) is 5.91 Å². The SMILES string of the molecule is C[Si](C)(C)CCOC(=O)CON=S1CC(CC(=O)N[C@@H]2C(=O)N(S(=O)(=O)O)[C@H]2N=[N+]=[N-])=NC1=NC(c1ccccc1)(c1ccccc1)c1ccccc1. The van der Waals surface area contributed by atoms with Crippen molar-refractivity contribution in [1.29, 1.82) is 0 Å². The summed E-state index contributed by atoms with van der Waals surface area (Å²) in [4.78, 5) is 56.3. The lowest BCUT2D eigenvalue weighted by Crippen LogP contribution is -2.71. The number of azide groups is 1. The van der Waals surface area contributed by atoms with Gasteiger partial charge in [-0.3, -0.25) is 14.1 Å². The number of hydrogen-bond acceptors (Lipinski definition) is 10. The average Bonchev–Trinajstić information content (AvgIpc) is 3.49. The Bertz CT molecular complexity index is 1990. The number of aliphatic imine (C=N–C) groups is 2. The first-order chi connectivity index (χ1) is 25.2. The first-order valence-electron chi connectivity index (χ1n) is 16.4. The smallest absolute Gasteiger partial charge is 0.362 e. The van der Waals surface area contributed by atoms with E-state index in [0.717, 1.165) is 22.7 Å². The van der Waals surface area contributed by atoms with E-state index in [1.807, 2.05) is 91.0 Å². The van der Waals surface area contributed by atoms with Gasteiger partial charge in [0.05, 0.1) is 18.8 Å². The summed E-state index contributed by atoms with van der Waals surface area (Å²) in [5.41, 5.74) is 10.5. The number of nitrogens with zero attached hydrogens (tertiary/aromatic N) is 7. The molecule has 53 heavy (non-hydrogen) atoms. The number of carbonyl (C=O) groups excluding carboxylic acids is 3. The van der Waals surface area contributed by atoms with E-state index in [0.29, 0.717) is 5.71 Å². The molecule has 1 saturated heterocycles. The predicted molar refractivity (Wildman–Crippen MR) is 202 cm³/mol. The molecule has 0 bridgehead atoms. The molecule has 0 spiro atoms. The van der Waals surface area contributed by atoms with E-state index in [9.17, 15) is 27.4 Å². The van der Waals surface area contributed by atoms with Gasteiger partial charge in [-0.2, -0.15) is 8.42 Å². The monoisotopic (exact) mass is 778 g/mol. The van der Waals surface area contributed by atoms with Crippen LogP contribution in [-0.4, -0.2) is 85.2 Å². The first-order valence-corrected chi connectivity index (χ1v) is 22.9. The summed E-state index contributed by atoms with van der Waals surface area (Å²) in [5.74, 6) is -2.43. The molecule has 3 atom stereocenters. The van der Waals surface area contributed by atoms with Crippen LogP contribution in [0.4, 0.5) is 0 Å². The van der Waals surface area contributed by atoms with Crippen molar-refractivity contribution in [2.45, 2.75) is 49.9 Å². The number of carbonyl (C=O) groups is 3.